The number of hydrogen-bond donors (Lipinski definition) is 3. The summed E-state index contributed by atoms with van der Waals surface area (Å²) in [6, 6.07) is 0.611. The van der Waals surface area contributed by atoms with E-state index in [1.807, 2.05) is 0 Å². The van der Waals surface area contributed by atoms with Gasteiger partial charge in [-0.2, -0.15) is 0 Å². The lowest BCUT2D eigenvalue weighted by atomic mass is 10.0. The normalized spacial score (nSPS) is 19.0. The molecule has 2 aliphatic rings. The molecule has 146 valence electrons. The Morgan fingerprint density at radius 1 is 0.760 bits per heavy atom. The molecule has 0 unspecified atom stereocenters. The van der Waals surface area contributed by atoms with Crippen LogP contribution in [0.4, 0.5) is 0 Å². The second kappa shape index (κ2) is 13.4. The van der Waals surface area contributed by atoms with Crippen LogP contribution >= 0.6 is 12.4 Å². The van der Waals surface area contributed by atoms with Crippen LogP contribution in [-0.2, 0) is 9.59 Å². The standard InChI is InChI=1S/C19H35N3O2.ClH/c23-18(12-11-16-7-5-6-8-16)22-15-19(24)21-14-13-20-17-9-3-1-2-4-10-17;/h16-17,20H,1-15H2,(H,21,24)(H,22,23);1H. The van der Waals surface area contributed by atoms with E-state index in [0.717, 1.165) is 18.9 Å². The Bertz CT molecular complexity index is 379. The van der Waals surface area contributed by atoms with E-state index in [0.29, 0.717) is 19.0 Å². The summed E-state index contributed by atoms with van der Waals surface area (Å²) < 4.78 is 0. The zero-order chi connectivity index (χ0) is 17.0. The number of rotatable bonds is 9. The van der Waals surface area contributed by atoms with Crippen molar-refractivity contribution in [3.8, 4) is 0 Å². The Labute approximate surface area is 158 Å². The molecule has 0 spiro atoms. The van der Waals surface area contributed by atoms with Crippen molar-refractivity contribution in [2.75, 3.05) is 19.6 Å². The van der Waals surface area contributed by atoms with Crippen molar-refractivity contribution in [1.82, 2.24) is 16.0 Å². The number of amides is 2. The van der Waals surface area contributed by atoms with E-state index in [9.17, 15) is 9.59 Å². The Hall–Kier alpha value is -0.810. The van der Waals surface area contributed by atoms with Crippen LogP contribution in [0.5, 0.6) is 0 Å². The first-order valence-electron chi connectivity index (χ1n) is 10.0. The summed E-state index contributed by atoms with van der Waals surface area (Å²) in [6.45, 7) is 1.55. The molecule has 2 aliphatic carbocycles. The SMILES string of the molecule is Cl.O=C(CCC1CCCC1)NCC(=O)NCCNC1CCCCCC1. The topological polar surface area (TPSA) is 70.2 Å². The van der Waals surface area contributed by atoms with Gasteiger partial charge in [0, 0.05) is 25.6 Å². The minimum Gasteiger partial charge on any atom is -0.353 e. The van der Waals surface area contributed by atoms with Crippen molar-refractivity contribution in [3.63, 3.8) is 0 Å². The van der Waals surface area contributed by atoms with E-state index in [2.05, 4.69) is 16.0 Å². The maximum absolute atomic E-state index is 11.8. The van der Waals surface area contributed by atoms with Crippen molar-refractivity contribution in [2.24, 2.45) is 5.92 Å². The Kier molecular flexibility index (Phi) is 11.9. The average molecular weight is 374 g/mol. The molecule has 5 nitrogen and oxygen atoms in total. The number of hydrogen-bond acceptors (Lipinski definition) is 3. The molecule has 25 heavy (non-hydrogen) atoms. The van der Waals surface area contributed by atoms with Crippen LogP contribution in [0.2, 0.25) is 0 Å². The molecule has 2 fully saturated rings. The molecule has 0 bridgehead atoms. The fourth-order valence-electron chi connectivity index (χ4n) is 3.93. The van der Waals surface area contributed by atoms with Crippen LogP contribution in [0.25, 0.3) is 0 Å². The lowest BCUT2D eigenvalue weighted by Gasteiger charge is -2.16. The molecular weight excluding hydrogens is 338 g/mol. The third kappa shape index (κ3) is 10.0. The van der Waals surface area contributed by atoms with Gasteiger partial charge >= 0.3 is 0 Å². The van der Waals surface area contributed by atoms with Gasteiger partial charge in [-0.25, -0.2) is 0 Å². The van der Waals surface area contributed by atoms with Crippen molar-refractivity contribution >= 4 is 24.2 Å². The van der Waals surface area contributed by atoms with Gasteiger partial charge in [0.05, 0.1) is 6.54 Å². The van der Waals surface area contributed by atoms with E-state index < -0.39 is 0 Å². The zero-order valence-electron chi connectivity index (χ0n) is 15.5. The minimum atomic E-state index is -0.0908. The second-order valence-corrected chi connectivity index (χ2v) is 7.46. The van der Waals surface area contributed by atoms with Gasteiger partial charge in [0.2, 0.25) is 11.8 Å². The fourth-order valence-corrected chi connectivity index (χ4v) is 3.93. The van der Waals surface area contributed by atoms with E-state index in [1.165, 1.54) is 64.2 Å². The highest BCUT2D eigenvalue weighted by atomic mass is 35.5. The highest BCUT2D eigenvalue weighted by Gasteiger charge is 2.16. The van der Waals surface area contributed by atoms with E-state index in [4.69, 9.17) is 0 Å². The van der Waals surface area contributed by atoms with E-state index in [-0.39, 0.29) is 30.8 Å². The summed E-state index contributed by atoms with van der Waals surface area (Å²) in [5.74, 6) is 0.639. The average Bonchev–Trinajstić information content (AvgIpc) is 2.97. The second-order valence-electron chi connectivity index (χ2n) is 7.46. The summed E-state index contributed by atoms with van der Waals surface area (Å²) in [7, 11) is 0. The summed E-state index contributed by atoms with van der Waals surface area (Å²) in [4.78, 5) is 23.5. The third-order valence-corrected chi connectivity index (χ3v) is 5.44. The highest BCUT2D eigenvalue weighted by Crippen LogP contribution is 2.28. The molecule has 2 saturated carbocycles. The first kappa shape index (κ1) is 22.2. The smallest absolute Gasteiger partial charge is 0.239 e. The summed E-state index contributed by atoms with van der Waals surface area (Å²) in [6.07, 6.45) is 14.5. The molecule has 0 aromatic carbocycles. The quantitative estimate of drug-likeness (QED) is 0.430. The molecule has 0 saturated heterocycles. The molecule has 3 N–H and O–H groups in total. The molecule has 2 amide bonds. The molecular formula is C19H36ClN3O2. The van der Waals surface area contributed by atoms with Crippen molar-refractivity contribution in [3.05, 3.63) is 0 Å². The van der Waals surface area contributed by atoms with Crippen LogP contribution in [0, 0.1) is 5.92 Å². The summed E-state index contributed by atoms with van der Waals surface area (Å²) >= 11 is 0. The van der Waals surface area contributed by atoms with Gasteiger partial charge < -0.3 is 16.0 Å². The first-order chi connectivity index (χ1) is 11.7. The predicted octanol–water partition coefficient (Wildman–Crippen LogP) is 2.92. The Balaban J connectivity index is 0.00000312. The van der Waals surface area contributed by atoms with Crippen LogP contribution in [-0.4, -0.2) is 37.5 Å². The van der Waals surface area contributed by atoms with Crippen LogP contribution in [0.1, 0.15) is 77.0 Å². The molecule has 0 aliphatic heterocycles. The molecule has 0 aromatic heterocycles. The molecule has 0 aromatic rings. The van der Waals surface area contributed by atoms with Gasteiger partial charge in [0.1, 0.15) is 0 Å². The van der Waals surface area contributed by atoms with Crippen LogP contribution < -0.4 is 16.0 Å². The molecule has 0 radical (unpaired) electrons. The summed E-state index contributed by atoms with van der Waals surface area (Å²) in [5, 5.41) is 9.14. The number of halogens is 1. The van der Waals surface area contributed by atoms with Crippen molar-refractivity contribution in [2.45, 2.75) is 83.1 Å². The zero-order valence-corrected chi connectivity index (χ0v) is 16.3. The van der Waals surface area contributed by atoms with Crippen LogP contribution in [0.3, 0.4) is 0 Å². The third-order valence-electron chi connectivity index (χ3n) is 5.44. The number of carbonyl (C=O) groups excluding carboxylic acids is 2. The molecule has 6 heteroatoms. The van der Waals surface area contributed by atoms with Gasteiger partial charge in [0.25, 0.3) is 0 Å². The van der Waals surface area contributed by atoms with Gasteiger partial charge in [0.15, 0.2) is 0 Å². The lowest BCUT2D eigenvalue weighted by Crippen LogP contribution is -2.41. The largest absolute Gasteiger partial charge is 0.353 e. The van der Waals surface area contributed by atoms with Gasteiger partial charge in [-0.05, 0) is 25.2 Å². The Morgan fingerprint density at radius 2 is 1.40 bits per heavy atom. The molecule has 2 rings (SSSR count). The van der Waals surface area contributed by atoms with Crippen molar-refractivity contribution < 1.29 is 9.59 Å². The van der Waals surface area contributed by atoms with Gasteiger partial charge in [-0.1, -0.05) is 51.4 Å². The monoisotopic (exact) mass is 373 g/mol. The van der Waals surface area contributed by atoms with Gasteiger partial charge in [-0.3, -0.25) is 9.59 Å². The molecule has 0 atom stereocenters. The van der Waals surface area contributed by atoms with Crippen LogP contribution in [0.15, 0.2) is 0 Å². The lowest BCUT2D eigenvalue weighted by molar-refractivity contribution is -0.126. The number of carbonyl (C=O) groups is 2. The molecule has 0 heterocycles. The number of nitrogens with one attached hydrogen (secondary N) is 3. The summed E-state index contributed by atoms with van der Waals surface area (Å²) in [5.41, 5.74) is 0. The first-order valence-corrected chi connectivity index (χ1v) is 10.0. The van der Waals surface area contributed by atoms with Gasteiger partial charge in [-0.15, -0.1) is 12.4 Å². The maximum atomic E-state index is 11.8. The van der Waals surface area contributed by atoms with E-state index >= 15 is 0 Å². The Morgan fingerprint density at radius 3 is 2.08 bits per heavy atom. The highest BCUT2D eigenvalue weighted by molar-refractivity contribution is 5.85. The predicted molar refractivity (Wildman–Crippen MR) is 104 cm³/mol. The fraction of sp³-hybridized carbons (Fsp3) is 0.895. The van der Waals surface area contributed by atoms with E-state index in [1.54, 1.807) is 0 Å². The minimum absolute atomic E-state index is 0. The maximum Gasteiger partial charge on any atom is 0.239 e. The van der Waals surface area contributed by atoms with Crippen molar-refractivity contribution in [1.29, 1.82) is 0 Å².